The Bertz CT molecular complexity index is 518. The summed E-state index contributed by atoms with van der Waals surface area (Å²) in [5, 5.41) is 4.19. The van der Waals surface area contributed by atoms with E-state index in [1.807, 2.05) is 13.0 Å². The monoisotopic (exact) mass is 235 g/mol. The maximum absolute atomic E-state index is 13.3. The molecule has 0 saturated carbocycles. The minimum absolute atomic E-state index is 0.157. The first-order valence-corrected chi connectivity index (χ1v) is 6.04. The number of rotatable bonds is 4. The fourth-order valence-corrected chi connectivity index (χ4v) is 1.98. The van der Waals surface area contributed by atoms with Gasteiger partial charge in [-0.05, 0) is 50.6 Å². The molecule has 0 radical (unpaired) electrons. The van der Waals surface area contributed by atoms with Gasteiger partial charge in [-0.15, -0.1) is 0 Å². The molecule has 0 aliphatic carbocycles. The van der Waals surface area contributed by atoms with Crippen LogP contribution in [-0.4, -0.2) is 6.54 Å². The molecule has 1 atom stereocenters. The van der Waals surface area contributed by atoms with Gasteiger partial charge in [0.25, 0.3) is 0 Å². The third-order valence-corrected chi connectivity index (χ3v) is 2.91. The van der Waals surface area contributed by atoms with Crippen LogP contribution in [-0.2, 0) is 0 Å². The molecule has 2 rings (SSSR count). The minimum Gasteiger partial charge on any atom is -0.459 e. The second kappa shape index (κ2) is 4.88. The lowest BCUT2D eigenvalue weighted by Gasteiger charge is -2.09. The Labute approximate surface area is 101 Å². The summed E-state index contributed by atoms with van der Waals surface area (Å²) in [6.45, 7) is 6.99. The smallest absolute Gasteiger partial charge is 0.137 e. The summed E-state index contributed by atoms with van der Waals surface area (Å²) in [4.78, 5) is 0. The maximum atomic E-state index is 13.3. The number of hydrogen-bond donors (Lipinski definition) is 1. The molecule has 0 amide bonds. The molecule has 0 bridgehead atoms. The summed E-state index contributed by atoms with van der Waals surface area (Å²) in [7, 11) is 0. The fraction of sp³-hybridized carbons (Fsp3) is 0.429. The summed E-state index contributed by atoms with van der Waals surface area (Å²) in [5.41, 5.74) is 1.63. The Balaban J connectivity index is 2.34. The van der Waals surface area contributed by atoms with Crippen molar-refractivity contribution in [3.05, 3.63) is 35.3 Å². The van der Waals surface area contributed by atoms with E-state index in [-0.39, 0.29) is 11.9 Å². The maximum Gasteiger partial charge on any atom is 0.137 e. The van der Waals surface area contributed by atoms with Gasteiger partial charge >= 0.3 is 0 Å². The van der Waals surface area contributed by atoms with Crippen molar-refractivity contribution in [2.45, 2.75) is 33.2 Å². The molecule has 0 aliphatic rings. The first kappa shape index (κ1) is 12.1. The van der Waals surface area contributed by atoms with E-state index in [9.17, 15) is 4.39 Å². The average molecular weight is 235 g/mol. The van der Waals surface area contributed by atoms with Crippen molar-refractivity contribution >= 4 is 11.0 Å². The average Bonchev–Trinajstić information content (AvgIpc) is 2.69. The highest BCUT2D eigenvalue weighted by molar-refractivity contribution is 5.81. The molecular weight excluding hydrogens is 217 g/mol. The van der Waals surface area contributed by atoms with E-state index < -0.39 is 0 Å². The highest BCUT2D eigenvalue weighted by Crippen LogP contribution is 2.27. The third kappa shape index (κ3) is 2.50. The molecule has 17 heavy (non-hydrogen) atoms. The zero-order valence-electron chi connectivity index (χ0n) is 10.5. The van der Waals surface area contributed by atoms with E-state index in [0.29, 0.717) is 0 Å². The molecule has 92 valence electrons. The van der Waals surface area contributed by atoms with Crippen molar-refractivity contribution in [1.82, 2.24) is 5.32 Å². The topological polar surface area (TPSA) is 25.2 Å². The molecule has 0 fully saturated rings. The molecular formula is C14H18FNO. The predicted octanol–water partition coefficient (Wildman–Crippen LogP) is 3.94. The normalized spacial score (nSPS) is 13.2. The van der Waals surface area contributed by atoms with Gasteiger partial charge in [-0.1, -0.05) is 6.92 Å². The molecule has 1 heterocycles. The largest absolute Gasteiger partial charge is 0.459 e. The third-order valence-electron chi connectivity index (χ3n) is 2.91. The lowest BCUT2D eigenvalue weighted by Crippen LogP contribution is -2.18. The Kier molecular flexibility index (Phi) is 3.48. The molecule has 1 aromatic heterocycles. The van der Waals surface area contributed by atoms with Crippen LogP contribution in [0.2, 0.25) is 0 Å². The molecule has 1 N–H and O–H groups in total. The number of furan rings is 1. The zero-order chi connectivity index (χ0) is 12.4. The molecule has 0 saturated heterocycles. The van der Waals surface area contributed by atoms with Gasteiger partial charge in [0.1, 0.15) is 17.2 Å². The summed E-state index contributed by atoms with van der Waals surface area (Å²) in [6, 6.07) is 5.09. The van der Waals surface area contributed by atoms with Crippen molar-refractivity contribution in [3.63, 3.8) is 0 Å². The predicted molar refractivity (Wildman–Crippen MR) is 67.6 cm³/mol. The Morgan fingerprint density at radius 1 is 1.35 bits per heavy atom. The highest BCUT2D eigenvalue weighted by Gasteiger charge is 2.12. The molecule has 1 aromatic carbocycles. The summed E-state index contributed by atoms with van der Waals surface area (Å²) in [6.07, 6.45) is 1.08. The Hall–Kier alpha value is -1.35. The van der Waals surface area contributed by atoms with Gasteiger partial charge < -0.3 is 9.73 Å². The van der Waals surface area contributed by atoms with E-state index in [1.54, 1.807) is 0 Å². The van der Waals surface area contributed by atoms with Gasteiger partial charge in [0, 0.05) is 5.39 Å². The van der Waals surface area contributed by atoms with Gasteiger partial charge in [0.05, 0.1) is 6.04 Å². The zero-order valence-corrected chi connectivity index (χ0v) is 10.5. The number of benzene rings is 1. The number of aryl methyl sites for hydroxylation is 1. The van der Waals surface area contributed by atoms with E-state index >= 15 is 0 Å². The lowest BCUT2D eigenvalue weighted by molar-refractivity contribution is 0.451. The number of fused-ring (bicyclic) bond motifs is 1. The van der Waals surface area contributed by atoms with Crippen molar-refractivity contribution in [1.29, 1.82) is 0 Å². The van der Waals surface area contributed by atoms with Gasteiger partial charge in [-0.2, -0.15) is 0 Å². The molecule has 1 unspecified atom stereocenters. The van der Waals surface area contributed by atoms with Crippen LogP contribution >= 0.6 is 0 Å². The van der Waals surface area contributed by atoms with Crippen LogP contribution in [0.4, 0.5) is 4.39 Å². The second-order valence-electron chi connectivity index (χ2n) is 4.47. The van der Waals surface area contributed by atoms with E-state index in [4.69, 9.17) is 4.42 Å². The first-order chi connectivity index (χ1) is 8.11. The van der Waals surface area contributed by atoms with Gasteiger partial charge in [0.2, 0.25) is 0 Å². The molecule has 2 nitrogen and oxygen atoms in total. The lowest BCUT2D eigenvalue weighted by atomic mass is 10.1. The van der Waals surface area contributed by atoms with Gasteiger partial charge in [-0.25, -0.2) is 4.39 Å². The van der Waals surface area contributed by atoms with Crippen molar-refractivity contribution in [2.75, 3.05) is 6.54 Å². The second-order valence-corrected chi connectivity index (χ2v) is 4.47. The van der Waals surface area contributed by atoms with Crippen LogP contribution in [0.25, 0.3) is 11.0 Å². The summed E-state index contributed by atoms with van der Waals surface area (Å²) >= 11 is 0. The number of nitrogens with one attached hydrogen (secondary N) is 1. The number of hydrogen-bond acceptors (Lipinski definition) is 2. The van der Waals surface area contributed by atoms with Crippen LogP contribution < -0.4 is 5.32 Å². The molecule has 0 aliphatic heterocycles. The van der Waals surface area contributed by atoms with Crippen LogP contribution in [0.1, 0.15) is 37.6 Å². The standard InChI is InChI=1S/C14H18FNO/c1-4-5-16-10(3)13-8-11-7-12(15)6-9(2)14(11)17-13/h6-8,10,16H,4-5H2,1-3H3. The van der Waals surface area contributed by atoms with Crippen LogP contribution in [0, 0.1) is 12.7 Å². The van der Waals surface area contributed by atoms with Crippen LogP contribution in [0.5, 0.6) is 0 Å². The fourth-order valence-electron chi connectivity index (χ4n) is 1.98. The van der Waals surface area contributed by atoms with Gasteiger partial charge in [0.15, 0.2) is 0 Å². The highest BCUT2D eigenvalue weighted by atomic mass is 19.1. The Morgan fingerprint density at radius 3 is 2.82 bits per heavy atom. The molecule has 0 spiro atoms. The van der Waals surface area contributed by atoms with Crippen LogP contribution in [0.15, 0.2) is 22.6 Å². The summed E-state index contributed by atoms with van der Waals surface area (Å²) in [5.74, 6) is 0.652. The molecule has 2 aromatic rings. The van der Waals surface area contributed by atoms with E-state index in [2.05, 4.69) is 19.2 Å². The van der Waals surface area contributed by atoms with Crippen molar-refractivity contribution < 1.29 is 8.81 Å². The van der Waals surface area contributed by atoms with Crippen molar-refractivity contribution in [2.24, 2.45) is 0 Å². The van der Waals surface area contributed by atoms with Crippen LogP contribution in [0.3, 0.4) is 0 Å². The number of halogens is 1. The van der Waals surface area contributed by atoms with E-state index in [0.717, 1.165) is 35.3 Å². The van der Waals surface area contributed by atoms with Crippen molar-refractivity contribution in [3.8, 4) is 0 Å². The minimum atomic E-state index is -0.212. The SMILES string of the molecule is CCCNC(C)c1cc2cc(F)cc(C)c2o1. The summed E-state index contributed by atoms with van der Waals surface area (Å²) < 4.78 is 19.0. The quantitative estimate of drug-likeness (QED) is 0.868. The van der Waals surface area contributed by atoms with Gasteiger partial charge in [-0.3, -0.25) is 0 Å². The first-order valence-electron chi connectivity index (χ1n) is 6.04. The Morgan fingerprint density at radius 2 is 2.12 bits per heavy atom. The molecule has 3 heteroatoms. The van der Waals surface area contributed by atoms with E-state index in [1.165, 1.54) is 12.1 Å².